The molecule has 1 aromatic rings. The Bertz CT molecular complexity index is 1270. The lowest BCUT2D eigenvalue weighted by Gasteiger charge is -2.17. The van der Waals surface area contributed by atoms with Crippen molar-refractivity contribution in [1.82, 2.24) is 24.1 Å². The summed E-state index contributed by atoms with van der Waals surface area (Å²) in [6.45, 7) is 4.52. The number of nitrogens with zero attached hydrogens (tertiary/aromatic N) is 4. The Hall–Kier alpha value is -2.77. The maximum Gasteiger partial charge on any atom is 0.329 e. The van der Waals surface area contributed by atoms with Gasteiger partial charge in [-0.3, -0.25) is 19.1 Å². The highest BCUT2D eigenvalue weighted by atomic mass is 16.2. The number of unbranched alkanes of at least 4 members (excludes halogenated alkanes) is 15. The summed E-state index contributed by atoms with van der Waals surface area (Å²) in [7, 11) is 1.43. The first-order chi connectivity index (χ1) is 17.9. The Labute approximate surface area is 219 Å². The van der Waals surface area contributed by atoms with E-state index < -0.39 is 16.8 Å². The molecule has 204 valence electrons. The van der Waals surface area contributed by atoms with Crippen LogP contribution < -0.4 is 16.8 Å². The zero-order valence-corrected chi connectivity index (χ0v) is 23.1. The third kappa shape index (κ3) is 8.11. The van der Waals surface area contributed by atoms with Crippen molar-refractivity contribution in [3.05, 3.63) is 43.1 Å². The number of aromatic amines is 1. The monoisotopic (exact) mass is 511 g/mol. The van der Waals surface area contributed by atoms with Crippen LogP contribution in [0.25, 0.3) is 22.4 Å². The Morgan fingerprint density at radius 2 is 1.27 bits per heavy atom. The molecule has 1 aromatic heterocycles. The SMILES string of the molecule is CCCCCCCCCCCCCCCCCCn1c2nc(C)nc(=O)c-2cc2c(=O)n(C)c(=O)[nH]c21. The van der Waals surface area contributed by atoms with Crippen LogP contribution in [-0.4, -0.2) is 24.1 Å². The normalized spacial score (nSPS) is 11.6. The molecule has 0 bridgehead atoms. The van der Waals surface area contributed by atoms with Gasteiger partial charge in [0.25, 0.3) is 11.1 Å². The van der Waals surface area contributed by atoms with Gasteiger partial charge in [0.05, 0.1) is 10.9 Å². The number of aryl methyl sites for hydroxylation is 2. The summed E-state index contributed by atoms with van der Waals surface area (Å²) in [5.74, 6) is 0.846. The highest BCUT2D eigenvalue weighted by Crippen LogP contribution is 2.22. The first-order valence-corrected chi connectivity index (χ1v) is 14.4. The highest BCUT2D eigenvalue weighted by molar-refractivity contribution is 5.81. The van der Waals surface area contributed by atoms with Gasteiger partial charge in [-0.15, -0.1) is 0 Å². The van der Waals surface area contributed by atoms with E-state index in [0.29, 0.717) is 34.8 Å². The van der Waals surface area contributed by atoms with Crippen molar-refractivity contribution in [1.29, 1.82) is 0 Å². The highest BCUT2D eigenvalue weighted by Gasteiger charge is 2.20. The topological polar surface area (TPSA) is 103 Å². The van der Waals surface area contributed by atoms with E-state index >= 15 is 0 Å². The van der Waals surface area contributed by atoms with Crippen LogP contribution in [0.5, 0.6) is 0 Å². The predicted octanol–water partition coefficient (Wildman–Crippen LogP) is 5.85. The molecule has 0 saturated carbocycles. The molecule has 0 amide bonds. The van der Waals surface area contributed by atoms with E-state index in [9.17, 15) is 14.4 Å². The number of aromatic nitrogens is 5. The van der Waals surface area contributed by atoms with Crippen molar-refractivity contribution in [2.45, 2.75) is 123 Å². The summed E-state index contributed by atoms with van der Waals surface area (Å²) in [6.07, 6.45) is 20.7. The van der Waals surface area contributed by atoms with Crippen molar-refractivity contribution >= 4 is 11.0 Å². The van der Waals surface area contributed by atoms with Crippen LogP contribution in [0.15, 0.2) is 20.4 Å². The van der Waals surface area contributed by atoms with Crippen LogP contribution >= 0.6 is 0 Å². The van der Waals surface area contributed by atoms with Gasteiger partial charge in [0.15, 0.2) is 0 Å². The minimum atomic E-state index is -0.481. The molecule has 1 N–H and O–H groups in total. The average molecular weight is 512 g/mol. The van der Waals surface area contributed by atoms with Crippen molar-refractivity contribution in [3.63, 3.8) is 0 Å². The van der Waals surface area contributed by atoms with Crippen LogP contribution in [0.3, 0.4) is 0 Å². The summed E-state index contributed by atoms with van der Waals surface area (Å²) in [6, 6.07) is 1.51. The molecule has 2 aliphatic heterocycles. The van der Waals surface area contributed by atoms with E-state index in [1.807, 2.05) is 4.57 Å². The van der Waals surface area contributed by atoms with E-state index in [2.05, 4.69) is 21.9 Å². The predicted molar refractivity (Wildman–Crippen MR) is 151 cm³/mol. The number of H-pyrrole nitrogens is 1. The third-order valence-corrected chi connectivity index (χ3v) is 7.37. The molecule has 0 aromatic carbocycles. The first kappa shape index (κ1) is 28.8. The van der Waals surface area contributed by atoms with Crippen LogP contribution in [0.1, 0.15) is 115 Å². The van der Waals surface area contributed by atoms with Crippen LogP contribution in [0.4, 0.5) is 0 Å². The molecule has 0 spiro atoms. The molecule has 0 saturated heterocycles. The van der Waals surface area contributed by atoms with Crippen molar-refractivity contribution in [2.24, 2.45) is 7.05 Å². The lowest BCUT2D eigenvalue weighted by atomic mass is 10.0. The summed E-state index contributed by atoms with van der Waals surface area (Å²) in [5, 5.41) is 0.302. The standard InChI is InChI=1S/C29H45N5O3/c1-4-5-6-7-8-9-10-11-12-13-14-15-16-17-18-19-20-34-25-23(27(35)31-22(2)30-25)21-24-26(34)32-29(37)33(3)28(24)36/h21H,4-20H2,1-3H3,(H,32,37). The van der Waals surface area contributed by atoms with Gasteiger partial charge < -0.3 is 4.57 Å². The quantitative estimate of drug-likeness (QED) is 0.181. The smallest absolute Gasteiger partial charge is 0.311 e. The number of nitrogens with one attached hydrogen (secondary N) is 1. The van der Waals surface area contributed by atoms with E-state index in [1.54, 1.807) is 6.92 Å². The zero-order chi connectivity index (χ0) is 26.6. The maximum atomic E-state index is 12.7. The number of hydrogen-bond acceptors (Lipinski definition) is 5. The van der Waals surface area contributed by atoms with Gasteiger partial charge in [-0.2, -0.15) is 4.98 Å². The van der Waals surface area contributed by atoms with Gasteiger partial charge in [0, 0.05) is 13.6 Å². The van der Waals surface area contributed by atoms with Crippen molar-refractivity contribution in [3.8, 4) is 11.4 Å². The molecule has 0 unspecified atom stereocenters. The number of fused-ring (bicyclic) bond motifs is 2. The Morgan fingerprint density at radius 3 is 1.81 bits per heavy atom. The summed E-state index contributed by atoms with van der Waals surface area (Å²) in [5.41, 5.74) is -0.594. The lowest BCUT2D eigenvalue weighted by molar-refractivity contribution is 0.521. The average Bonchev–Trinajstić information content (AvgIpc) is 2.87. The molecular weight excluding hydrogens is 466 g/mol. The Kier molecular flexibility index (Phi) is 11.5. The van der Waals surface area contributed by atoms with Crippen molar-refractivity contribution < 1.29 is 0 Å². The number of pyridine rings is 1. The minimum absolute atomic E-state index is 0.302. The van der Waals surface area contributed by atoms with Crippen LogP contribution in [-0.2, 0) is 13.6 Å². The lowest BCUT2D eigenvalue weighted by Crippen LogP contribution is -2.34. The maximum absolute atomic E-state index is 12.7. The van der Waals surface area contributed by atoms with Gasteiger partial charge in [0.1, 0.15) is 17.3 Å². The second-order valence-electron chi connectivity index (χ2n) is 10.5. The molecular formula is C29H45N5O3. The summed E-state index contributed by atoms with van der Waals surface area (Å²) < 4.78 is 2.83. The van der Waals surface area contributed by atoms with E-state index in [4.69, 9.17) is 0 Å². The summed E-state index contributed by atoms with van der Waals surface area (Å²) in [4.78, 5) is 48.8. The minimum Gasteiger partial charge on any atom is -0.311 e. The van der Waals surface area contributed by atoms with Gasteiger partial charge in [0.2, 0.25) is 0 Å². The molecule has 3 heterocycles. The number of hydrogen-bond donors (Lipinski definition) is 1. The fraction of sp³-hybridized carbons (Fsp3) is 0.690. The fourth-order valence-corrected chi connectivity index (χ4v) is 5.13. The van der Waals surface area contributed by atoms with Gasteiger partial charge in [-0.1, -0.05) is 103 Å². The Balaban J connectivity index is 1.44. The van der Waals surface area contributed by atoms with Crippen molar-refractivity contribution in [2.75, 3.05) is 0 Å². The molecule has 2 aliphatic rings. The van der Waals surface area contributed by atoms with E-state index in [-0.39, 0.29) is 0 Å². The largest absolute Gasteiger partial charge is 0.329 e. The zero-order valence-electron chi connectivity index (χ0n) is 23.1. The summed E-state index contributed by atoms with van der Waals surface area (Å²) >= 11 is 0. The third-order valence-electron chi connectivity index (χ3n) is 7.37. The van der Waals surface area contributed by atoms with Gasteiger partial charge in [-0.05, 0) is 19.4 Å². The fourth-order valence-electron chi connectivity index (χ4n) is 5.13. The molecule has 37 heavy (non-hydrogen) atoms. The second kappa shape index (κ2) is 14.8. The molecule has 3 rings (SSSR count). The van der Waals surface area contributed by atoms with E-state index in [1.165, 1.54) is 96.6 Å². The number of rotatable bonds is 17. The molecule has 0 aliphatic carbocycles. The molecule has 8 nitrogen and oxygen atoms in total. The first-order valence-electron chi connectivity index (χ1n) is 14.4. The van der Waals surface area contributed by atoms with Crippen LogP contribution in [0, 0.1) is 6.92 Å². The van der Waals surface area contributed by atoms with Gasteiger partial charge in [-0.25, -0.2) is 9.78 Å². The second-order valence-corrected chi connectivity index (χ2v) is 10.5. The molecule has 0 atom stereocenters. The molecule has 8 heteroatoms. The molecule has 0 radical (unpaired) electrons. The molecule has 0 fully saturated rings. The van der Waals surface area contributed by atoms with Gasteiger partial charge >= 0.3 is 5.69 Å². The van der Waals surface area contributed by atoms with Crippen LogP contribution in [0.2, 0.25) is 0 Å². The van der Waals surface area contributed by atoms with E-state index in [0.717, 1.165) is 23.8 Å². The Morgan fingerprint density at radius 1 is 0.757 bits per heavy atom.